The van der Waals surface area contributed by atoms with E-state index >= 15 is 0 Å². The van der Waals surface area contributed by atoms with E-state index in [9.17, 15) is 9.18 Å². The molecule has 108 valence electrons. The third-order valence-corrected chi connectivity index (χ3v) is 3.82. The standard InChI is InChI=1S/C16H14ClFN2O/c17-13-4-1-5-14(18)15(13)16(21)20(12-6-7-12)10-11-3-2-8-19-9-11/h1-5,8-9,12H,6-7,10H2. The van der Waals surface area contributed by atoms with Crippen molar-refractivity contribution < 1.29 is 9.18 Å². The molecule has 1 saturated carbocycles. The molecule has 2 aromatic rings. The Morgan fingerprint density at radius 1 is 1.33 bits per heavy atom. The highest BCUT2D eigenvalue weighted by Crippen LogP contribution is 2.31. The molecule has 0 unspecified atom stereocenters. The van der Waals surface area contributed by atoms with Crippen LogP contribution < -0.4 is 0 Å². The number of carbonyl (C=O) groups is 1. The monoisotopic (exact) mass is 304 g/mol. The van der Waals surface area contributed by atoms with Gasteiger partial charge in [0.25, 0.3) is 5.91 Å². The fourth-order valence-electron chi connectivity index (χ4n) is 2.29. The first kappa shape index (κ1) is 14.0. The highest BCUT2D eigenvalue weighted by atomic mass is 35.5. The van der Waals surface area contributed by atoms with Gasteiger partial charge in [-0.25, -0.2) is 4.39 Å². The lowest BCUT2D eigenvalue weighted by Gasteiger charge is -2.23. The molecular formula is C16H14ClFN2O. The minimum Gasteiger partial charge on any atom is -0.331 e. The first-order chi connectivity index (χ1) is 10.2. The summed E-state index contributed by atoms with van der Waals surface area (Å²) >= 11 is 6.00. The molecule has 21 heavy (non-hydrogen) atoms. The molecule has 0 atom stereocenters. The second-order valence-electron chi connectivity index (χ2n) is 5.12. The maximum atomic E-state index is 13.9. The first-order valence-corrected chi connectivity index (χ1v) is 7.18. The Bertz CT molecular complexity index is 638. The summed E-state index contributed by atoms with van der Waals surface area (Å²) in [5.41, 5.74) is 0.875. The lowest BCUT2D eigenvalue weighted by atomic mass is 10.1. The van der Waals surface area contributed by atoms with E-state index in [1.165, 1.54) is 18.2 Å². The van der Waals surface area contributed by atoms with Crippen molar-refractivity contribution in [3.05, 3.63) is 64.7 Å². The molecule has 1 amide bonds. The van der Waals surface area contributed by atoms with Gasteiger partial charge in [-0.2, -0.15) is 0 Å². The summed E-state index contributed by atoms with van der Waals surface area (Å²) in [4.78, 5) is 18.4. The van der Waals surface area contributed by atoms with Crippen LogP contribution in [0.25, 0.3) is 0 Å². The molecule has 0 N–H and O–H groups in total. The van der Waals surface area contributed by atoms with Gasteiger partial charge in [0.1, 0.15) is 5.82 Å². The molecule has 0 radical (unpaired) electrons. The van der Waals surface area contributed by atoms with Crippen LogP contribution in [0.15, 0.2) is 42.7 Å². The average molecular weight is 305 g/mol. The van der Waals surface area contributed by atoms with E-state index < -0.39 is 5.82 Å². The lowest BCUT2D eigenvalue weighted by Crippen LogP contribution is -2.33. The van der Waals surface area contributed by atoms with Crippen molar-refractivity contribution in [2.75, 3.05) is 0 Å². The fraction of sp³-hybridized carbons (Fsp3) is 0.250. The molecule has 1 aliphatic carbocycles. The van der Waals surface area contributed by atoms with E-state index in [2.05, 4.69) is 4.98 Å². The number of hydrogen-bond acceptors (Lipinski definition) is 2. The molecule has 1 fully saturated rings. The summed E-state index contributed by atoms with van der Waals surface area (Å²) in [5, 5.41) is 0.150. The number of benzene rings is 1. The van der Waals surface area contributed by atoms with Crippen LogP contribution in [0.1, 0.15) is 28.8 Å². The molecule has 1 aromatic heterocycles. The summed E-state index contributed by atoms with van der Waals surface area (Å²) < 4.78 is 13.9. The summed E-state index contributed by atoms with van der Waals surface area (Å²) in [7, 11) is 0. The van der Waals surface area contributed by atoms with Gasteiger partial charge >= 0.3 is 0 Å². The summed E-state index contributed by atoms with van der Waals surface area (Å²) in [6.45, 7) is 0.419. The molecule has 0 spiro atoms. The van der Waals surface area contributed by atoms with E-state index in [-0.39, 0.29) is 22.5 Å². The second kappa shape index (κ2) is 5.82. The SMILES string of the molecule is O=C(c1c(F)cccc1Cl)N(Cc1cccnc1)C1CC1. The topological polar surface area (TPSA) is 33.2 Å². The Hall–Kier alpha value is -1.94. The van der Waals surface area contributed by atoms with Crippen LogP contribution in [-0.4, -0.2) is 21.8 Å². The van der Waals surface area contributed by atoms with Gasteiger partial charge in [0.15, 0.2) is 0 Å². The molecule has 0 saturated heterocycles. The van der Waals surface area contributed by atoms with Gasteiger partial charge in [-0.1, -0.05) is 23.7 Å². The lowest BCUT2D eigenvalue weighted by molar-refractivity contribution is 0.0725. The predicted molar refractivity (Wildman–Crippen MR) is 78.5 cm³/mol. The van der Waals surface area contributed by atoms with Gasteiger partial charge in [-0.05, 0) is 36.6 Å². The third kappa shape index (κ3) is 3.05. The first-order valence-electron chi connectivity index (χ1n) is 6.80. The zero-order valence-electron chi connectivity index (χ0n) is 11.3. The van der Waals surface area contributed by atoms with Crippen molar-refractivity contribution in [1.29, 1.82) is 0 Å². The molecule has 3 nitrogen and oxygen atoms in total. The number of halogens is 2. The van der Waals surface area contributed by atoms with Crippen LogP contribution in [0.5, 0.6) is 0 Å². The van der Waals surface area contributed by atoms with E-state index in [1.807, 2.05) is 12.1 Å². The highest BCUT2D eigenvalue weighted by molar-refractivity contribution is 6.33. The molecular weight excluding hydrogens is 291 g/mol. The number of hydrogen-bond donors (Lipinski definition) is 0. The van der Waals surface area contributed by atoms with E-state index in [0.717, 1.165) is 18.4 Å². The van der Waals surface area contributed by atoms with Gasteiger partial charge < -0.3 is 4.90 Å². The van der Waals surface area contributed by atoms with Crippen LogP contribution in [0.4, 0.5) is 4.39 Å². The Labute approximate surface area is 127 Å². The van der Waals surface area contributed by atoms with Crippen molar-refractivity contribution in [2.24, 2.45) is 0 Å². The van der Waals surface area contributed by atoms with Gasteiger partial charge in [0.2, 0.25) is 0 Å². The molecule has 0 bridgehead atoms. The maximum absolute atomic E-state index is 13.9. The molecule has 3 rings (SSSR count). The zero-order chi connectivity index (χ0) is 14.8. The maximum Gasteiger partial charge on any atom is 0.258 e. The average Bonchev–Trinajstić information content (AvgIpc) is 3.30. The number of carbonyl (C=O) groups excluding carboxylic acids is 1. The smallest absolute Gasteiger partial charge is 0.258 e. The van der Waals surface area contributed by atoms with Crippen LogP contribution in [-0.2, 0) is 6.54 Å². The van der Waals surface area contributed by atoms with Crippen molar-refractivity contribution >= 4 is 17.5 Å². The van der Waals surface area contributed by atoms with Crippen molar-refractivity contribution in [2.45, 2.75) is 25.4 Å². The quantitative estimate of drug-likeness (QED) is 0.863. The minimum atomic E-state index is -0.579. The van der Waals surface area contributed by atoms with E-state index in [1.54, 1.807) is 17.3 Å². The number of amides is 1. The summed E-state index contributed by atoms with van der Waals surface area (Å²) in [5.74, 6) is -0.936. The van der Waals surface area contributed by atoms with Crippen molar-refractivity contribution in [3.8, 4) is 0 Å². The Morgan fingerprint density at radius 3 is 2.76 bits per heavy atom. The van der Waals surface area contributed by atoms with E-state index in [4.69, 9.17) is 11.6 Å². The van der Waals surface area contributed by atoms with Gasteiger partial charge in [0, 0.05) is 25.0 Å². The van der Waals surface area contributed by atoms with Crippen LogP contribution in [0, 0.1) is 5.82 Å². The van der Waals surface area contributed by atoms with Crippen molar-refractivity contribution in [1.82, 2.24) is 9.88 Å². The highest BCUT2D eigenvalue weighted by Gasteiger charge is 2.34. The van der Waals surface area contributed by atoms with Gasteiger partial charge in [-0.15, -0.1) is 0 Å². The summed E-state index contributed by atoms with van der Waals surface area (Å²) in [6, 6.07) is 8.17. The van der Waals surface area contributed by atoms with Crippen molar-refractivity contribution in [3.63, 3.8) is 0 Å². The van der Waals surface area contributed by atoms with Gasteiger partial charge in [0.05, 0.1) is 10.6 Å². The molecule has 1 aliphatic rings. The van der Waals surface area contributed by atoms with Crippen LogP contribution >= 0.6 is 11.6 Å². The molecule has 0 aliphatic heterocycles. The predicted octanol–water partition coefficient (Wildman–Crippen LogP) is 3.68. The second-order valence-corrected chi connectivity index (χ2v) is 5.53. The number of pyridine rings is 1. The van der Waals surface area contributed by atoms with Crippen LogP contribution in [0.3, 0.4) is 0 Å². The molecule has 5 heteroatoms. The molecule has 1 aromatic carbocycles. The minimum absolute atomic E-state index is 0.0463. The Kier molecular flexibility index (Phi) is 3.88. The fourth-order valence-corrected chi connectivity index (χ4v) is 2.53. The van der Waals surface area contributed by atoms with E-state index in [0.29, 0.717) is 6.54 Å². The Balaban J connectivity index is 1.89. The van der Waals surface area contributed by atoms with Crippen LogP contribution in [0.2, 0.25) is 5.02 Å². The number of aromatic nitrogens is 1. The Morgan fingerprint density at radius 2 is 2.14 bits per heavy atom. The van der Waals surface area contributed by atoms with Gasteiger partial charge in [-0.3, -0.25) is 9.78 Å². The number of nitrogens with zero attached hydrogens (tertiary/aromatic N) is 2. The molecule has 1 heterocycles. The normalized spacial score (nSPS) is 14.0. The summed E-state index contributed by atoms with van der Waals surface area (Å²) in [6.07, 6.45) is 5.28. The third-order valence-electron chi connectivity index (χ3n) is 3.50. The number of rotatable bonds is 4. The zero-order valence-corrected chi connectivity index (χ0v) is 12.1. The largest absolute Gasteiger partial charge is 0.331 e.